The van der Waals surface area contributed by atoms with Crippen LogP contribution in [-0.4, -0.2) is 32.6 Å². The van der Waals surface area contributed by atoms with Gasteiger partial charge in [-0.1, -0.05) is 60.7 Å². The number of halogens is 1. The van der Waals surface area contributed by atoms with Crippen LogP contribution in [0.25, 0.3) is 21.8 Å². The number of fused-ring (bicyclic) bond motifs is 2. The molecule has 0 fully saturated rings. The first-order valence-electron chi connectivity index (χ1n) is 11.6. The van der Waals surface area contributed by atoms with Crippen LogP contribution >= 0.6 is 0 Å². The second-order valence-corrected chi connectivity index (χ2v) is 8.73. The quantitative estimate of drug-likeness (QED) is 0.297. The first-order valence-corrected chi connectivity index (χ1v) is 11.6. The summed E-state index contributed by atoms with van der Waals surface area (Å²) in [4.78, 5) is 47.3. The molecule has 5 aromatic rings. The lowest BCUT2D eigenvalue weighted by atomic mass is 9.81. The predicted octanol–water partition coefficient (Wildman–Crippen LogP) is 5.27. The van der Waals surface area contributed by atoms with Gasteiger partial charge >= 0.3 is 5.97 Å². The predicted molar refractivity (Wildman–Crippen MR) is 137 cm³/mol. The number of nitrogens with zero attached hydrogens (tertiary/aromatic N) is 2. The van der Waals surface area contributed by atoms with E-state index in [1.54, 1.807) is 48.8 Å². The summed E-state index contributed by atoms with van der Waals surface area (Å²) in [5.74, 6) is -3.10. The minimum Gasteiger partial charge on any atom is -0.478 e. The standard InChI is InChI=1S/C30H21FN2O4/c31-30(24-13-11-21(12-14-24)29(36)37,25(34)17-22-7-1-5-19-9-3-15-32-27(19)22)26(35)18-23-8-2-6-20-10-4-16-33-28(20)23/h1-16H,17-18H2,(H,36,37). The molecule has 2 aromatic heterocycles. The highest BCUT2D eigenvalue weighted by molar-refractivity contribution is 6.13. The normalized spacial score (nSPS) is 11.5. The number of ketones is 2. The second-order valence-electron chi connectivity index (χ2n) is 8.73. The number of carbonyl (C=O) groups excluding carboxylic acids is 2. The number of Topliss-reactive ketones (excluding diaryl/α,β-unsaturated/α-hetero) is 2. The number of aromatic nitrogens is 2. The summed E-state index contributed by atoms with van der Waals surface area (Å²) in [5, 5.41) is 10.8. The molecule has 37 heavy (non-hydrogen) atoms. The van der Waals surface area contributed by atoms with Crippen LogP contribution in [0.5, 0.6) is 0 Å². The molecule has 0 saturated carbocycles. The summed E-state index contributed by atoms with van der Waals surface area (Å²) < 4.78 is 16.9. The highest BCUT2D eigenvalue weighted by Gasteiger charge is 2.47. The van der Waals surface area contributed by atoms with Gasteiger partial charge in [-0.3, -0.25) is 19.6 Å². The molecule has 0 unspecified atom stereocenters. The number of hydrogen-bond donors (Lipinski definition) is 1. The molecule has 0 amide bonds. The zero-order chi connectivity index (χ0) is 26.0. The third kappa shape index (κ3) is 4.47. The lowest BCUT2D eigenvalue weighted by molar-refractivity contribution is -0.143. The molecule has 0 aliphatic carbocycles. The van der Waals surface area contributed by atoms with Gasteiger partial charge in [0.05, 0.1) is 16.6 Å². The fourth-order valence-corrected chi connectivity index (χ4v) is 4.53. The van der Waals surface area contributed by atoms with Crippen LogP contribution in [0.1, 0.15) is 27.0 Å². The molecule has 0 spiro atoms. The Bertz CT molecular complexity index is 1560. The molecule has 0 atom stereocenters. The molecule has 1 N–H and O–H groups in total. The van der Waals surface area contributed by atoms with Crippen molar-refractivity contribution in [2.75, 3.05) is 0 Å². The van der Waals surface area contributed by atoms with E-state index >= 15 is 4.39 Å². The van der Waals surface area contributed by atoms with Crippen LogP contribution in [0.15, 0.2) is 97.3 Å². The number of carbonyl (C=O) groups is 3. The van der Waals surface area contributed by atoms with Crippen LogP contribution in [-0.2, 0) is 28.1 Å². The van der Waals surface area contributed by atoms with Gasteiger partial charge in [0.15, 0.2) is 11.6 Å². The molecule has 0 saturated heterocycles. The van der Waals surface area contributed by atoms with Gasteiger partial charge in [-0.15, -0.1) is 0 Å². The zero-order valence-corrected chi connectivity index (χ0v) is 19.6. The Labute approximate surface area is 211 Å². The van der Waals surface area contributed by atoms with Gasteiger partial charge in [0.2, 0.25) is 0 Å². The highest BCUT2D eigenvalue weighted by Crippen LogP contribution is 2.33. The van der Waals surface area contributed by atoms with Crippen molar-refractivity contribution in [1.82, 2.24) is 9.97 Å². The zero-order valence-electron chi connectivity index (χ0n) is 19.6. The molecule has 2 heterocycles. The second kappa shape index (κ2) is 9.70. The van der Waals surface area contributed by atoms with Crippen LogP contribution in [0.3, 0.4) is 0 Å². The molecule has 0 aliphatic rings. The third-order valence-corrected chi connectivity index (χ3v) is 6.43. The highest BCUT2D eigenvalue weighted by atomic mass is 19.1. The van der Waals surface area contributed by atoms with E-state index in [-0.39, 0.29) is 24.0 Å². The summed E-state index contributed by atoms with van der Waals surface area (Å²) in [7, 11) is 0. The third-order valence-electron chi connectivity index (χ3n) is 6.43. The Kier molecular flexibility index (Phi) is 6.27. The van der Waals surface area contributed by atoms with Crippen LogP contribution in [0.2, 0.25) is 0 Å². The van der Waals surface area contributed by atoms with Crippen LogP contribution < -0.4 is 0 Å². The SMILES string of the molecule is O=C(O)c1ccc(C(F)(C(=O)Cc2cccc3cccnc23)C(=O)Cc2cccc3cccnc23)cc1. The minimum absolute atomic E-state index is 0.0810. The maximum Gasteiger partial charge on any atom is 0.335 e. The van der Waals surface area contributed by atoms with Crippen molar-refractivity contribution >= 4 is 39.3 Å². The molecule has 7 heteroatoms. The number of hydrogen-bond acceptors (Lipinski definition) is 5. The van der Waals surface area contributed by atoms with Gasteiger partial charge in [0, 0.05) is 41.6 Å². The summed E-state index contributed by atoms with van der Waals surface area (Å²) in [6.07, 6.45) is 2.43. The number of aromatic carboxylic acids is 1. The van der Waals surface area contributed by atoms with E-state index in [9.17, 15) is 19.5 Å². The first kappa shape index (κ1) is 23.9. The van der Waals surface area contributed by atoms with Crippen LogP contribution in [0.4, 0.5) is 4.39 Å². The summed E-state index contributed by atoms with van der Waals surface area (Å²) in [5.41, 5.74) is -1.22. The smallest absolute Gasteiger partial charge is 0.335 e. The first-order chi connectivity index (χ1) is 17.9. The molecule has 3 aromatic carbocycles. The number of pyridine rings is 2. The van der Waals surface area contributed by atoms with Crippen molar-refractivity contribution in [1.29, 1.82) is 0 Å². The van der Waals surface area contributed by atoms with Crippen molar-refractivity contribution in [2.45, 2.75) is 18.5 Å². The van der Waals surface area contributed by atoms with E-state index in [4.69, 9.17) is 0 Å². The van der Waals surface area contributed by atoms with Gasteiger partial charge in [-0.05, 0) is 35.4 Å². The van der Waals surface area contributed by atoms with Gasteiger partial charge in [0.1, 0.15) is 0 Å². The maximum absolute atomic E-state index is 16.9. The van der Waals surface area contributed by atoms with Gasteiger partial charge in [-0.2, -0.15) is 0 Å². The number of rotatable bonds is 8. The molecule has 182 valence electrons. The average Bonchev–Trinajstić information content (AvgIpc) is 2.93. The Hall–Kier alpha value is -4.78. The van der Waals surface area contributed by atoms with Crippen LogP contribution in [0, 0.1) is 0 Å². The van der Waals surface area contributed by atoms with E-state index < -0.39 is 23.2 Å². The van der Waals surface area contributed by atoms with E-state index in [0.717, 1.165) is 10.8 Å². The molecule has 0 aliphatic heterocycles. The van der Waals surface area contributed by atoms with Crippen molar-refractivity contribution in [3.63, 3.8) is 0 Å². The van der Waals surface area contributed by atoms with E-state index in [2.05, 4.69) is 9.97 Å². The fourth-order valence-electron chi connectivity index (χ4n) is 4.53. The number of alkyl halides is 1. The van der Waals surface area contributed by atoms with Gasteiger partial charge in [0.25, 0.3) is 5.67 Å². The number of benzene rings is 3. The monoisotopic (exact) mass is 492 g/mol. The topological polar surface area (TPSA) is 97.2 Å². The fraction of sp³-hybridized carbons (Fsp3) is 0.100. The lowest BCUT2D eigenvalue weighted by Gasteiger charge is -2.24. The Morgan fingerprint density at radius 1 is 0.676 bits per heavy atom. The van der Waals surface area contributed by atoms with E-state index in [0.29, 0.717) is 22.2 Å². The molecule has 5 rings (SSSR count). The van der Waals surface area contributed by atoms with Crippen molar-refractivity contribution in [2.24, 2.45) is 0 Å². The molecular weight excluding hydrogens is 471 g/mol. The van der Waals surface area contributed by atoms with Gasteiger partial charge < -0.3 is 5.11 Å². The Morgan fingerprint density at radius 2 is 1.14 bits per heavy atom. The average molecular weight is 493 g/mol. The van der Waals surface area contributed by atoms with Crippen molar-refractivity contribution in [3.8, 4) is 0 Å². The van der Waals surface area contributed by atoms with Crippen molar-refractivity contribution in [3.05, 3.63) is 120 Å². The summed E-state index contributed by atoms with van der Waals surface area (Å²) in [6.45, 7) is 0. The summed E-state index contributed by atoms with van der Waals surface area (Å²) >= 11 is 0. The molecular formula is C30H21FN2O4. The van der Waals surface area contributed by atoms with E-state index in [1.165, 1.54) is 24.3 Å². The van der Waals surface area contributed by atoms with Crippen molar-refractivity contribution < 1.29 is 23.9 Å². The number of carboxylic acids is 1. The largest absolute Gasteiger partial charge is 0.478 e. The van der Waals surface area contributed by atoms with E-state index in [1.807, 2.05) is 24.3 Å². The lowest BCUT2D eigenvalue weighted by Crippen LogP contribution is -2.42. The minimum atomic E-state index is -3.01. The Balaban J connectivity index is 1.57. The number of para-hydroxylation sites is 2. The Morgan fingerprint density at radius 3 is 1.59 bits per heavy atom. The maximum atomic E-state index is 16.9. The molecule has 0 radical (unpaired) electrons. The molecule has 6 nitrogen and oxygen atoms in total. The van der Waals surface area contributed by atoms with Gasteiger partial charge in [-0.25, -0.2) is 9.18 Å². The molecule has 0 bridgehead atoms. The summed E-state index contributed by atoms with van der Waals surface area (Å²) in [6, 6.07) is 22.5. The number of carboxylic acid groups (broad SMARTS) is 1.